The molecule has 3 rings (SSSR count). The Morgan fingerprint density at radius 2 is 2.08 bits per heavy atom. The van der Waals surface area contributed by atoms with Gasteiger partial charge in [0.05, 0.1) is 24.4 Å². The van der Waals surface area contributed by atoms with Crippen LogP contribution in [0.15, 0.2) is 41.7 Å². The summed E-state index contributed by atoms with van der Waals surface area (Å²) in [5, 5.41) is 8.91. The molecular formula is C16H17N5O2S. The molecule has 0 fully saturated rings. The molecule has 0 saturated carbocycles. The Kier molecular flexibility index (Phi) is 4.95. The molecule has 0 saturated heterocycles. The topological polar surface area (TPSA) is 81.9 Å². The van der Waals surface area contributed by atoms with Gasteiger partial charge in [0.1, 0.15) is 5.82 Å². The number of fused-ring (bicyclic) bond motifs is 1. The Morgan fingerprint density at radius 1 is 1.29 bits per heavy atom. The maximum absolute atomic E-state index is 11.3. The molecule has 2 heterocycles. The number of anilines is 1. The number of carbonyl (C=O) groups is 1. The lowest BCUT2D eigenvalue weighted by Crippen LogP contribution is -2.07. The highest BCUT2D eigenvalue weighted by Gasteiger charge is 2.13. The van der Waals surface area contributed by atoms with Gasteiger partial charge in [-0.25, -0.2) is 9.97 Å². The molecular weight excluding hydrogens is 326 g/mol. The predicted molar refractivity (Wildman–Crippen MR) is 92.8 cm³/mol. The molecule has 0 aliphatic heterocycles. The summed E-state index contributed by atoms with van der Waals surface area (Å²) >= 11 is 1.24. The smallest absolute Gasteiger partial charge is 0.316 e. The van der Waals surface area contributed by atoms with Crippen molar-refractivity contribution >= 4 is 34.6 Å². The van der Waals surface area contributed by atoms with E-state index in [1.807, 2.05) is 37.4 Å². The number of hydrogen-bond acceptors (Lipinski definition) is 7. The summed E-state index contributed by atoms with van der Waals surface area (Å²) in [6, 6.07) is 10.1. The Balaban J connectivity index is 1.85. The van der Waals surface area contributed by atoms with Crippen LogP contribution in [0.1, 0.15) is 5.56 Å². The van der Waals surface area contributed by atoms with Gasteiger partial charge in [-0.1, -0.05) is 42.1 Å². The highest BCUT2D eigenvalue weighted by molar-refractivity contribution is 7.99. The van der Waals surface area contributed by atoms with Gasteiger partial charge >= 0.3 is 5.97 Å². The zero-order valence-electron chi connectivity index (χ0n) is 13.4. The lowest BCUT2D eigenvalue weighted by molar-refractivity contribution is -0.137. The van der Waals surface area contributed by atoms with Gasteiger partial charge in [-0.3, -0.25) is 9.48 Å². The molecule has 124 valence electrons. The Labute approximate surface area is 143 Å². The number of carbonyl (C=O) groups excluding carboxylic acids is 1. The lowest BCUT2D eigenvalue weighted by Gasteiger charge is -2.09. The van der Waals surface area contributed by atoms with Crippen molar-refractivity contribution in [1.82, 2.24) is 19.7 Å². The third kappa shape index (κ3) is 3.65. The van der Waals surface area contributed by atoms with Gasteiger partial charge in [-0.15, -0.1) is 0 Å². The largest absolute Gasteiger partial charge is 0.468 e. The lowest BCUT2D eigenvalue weighted by atomic mass is 10.2. The van der Waals surface area contributed by atoms with Gasteiger partial charge in [-0.05, 0) is 5.56 Å². The third-order valence-electron chi connectivity index (χ3n) is 3.42. The average molecular weight is 343 g/mol. The van der Waals surface area contributed by atoms with Gasteiger partial charge < -0.3 is 10.1 Å². The molecule has 7 nitrogen and oxygen atoms in total. The van der Waals surface area contributed by atoms with Gasteiger partial charge in [0.2, 0.25) is 0 Å². The molecule has 0 aliphatic carbocycles. The van der Waals surface area contributed by atoms with Gasteiger partial charge in [0.15, 0.2) is 10.8 Å². The van der Waals surface area contributed by atoms with Crippen LogP contribution in [0.2, 0.25) is 0 Å². The van der Waals surface area contributed by atoms with Crippen molar-refractivity contribution in [2.45, 2.75) is 11.7 Å². The molecule has 8 heteroatoms. The molecule has 0 radical (unpaired) electrons. The summed E-state index contributed by atoms with van der Waals surface area (Å²) in [7, 11) is 3.19. The molecule has 0 aliphatic rings. The molecule has 0 amide bonds. The monoisotopic (exact) mass is 343 g/mol. The van der Waals surface area contributed by atoms with Crippen molar-refractivity contribution < 1.29 is 9.53 Å². The number of aromatic nitrogens is 4. The number of thioether (sulfide) groups is 1. The van der Waals surface area contributed by atoms with E-state index in [0.717, 1.165) is 10.9 Å². The van der Waals surface area contributed by atoms with Gasteiger partial charge in [-0.2, -0.15) is 5.10 Å². The van der Waals surface area contributed by atoms with Gasteiger partial charge in [0, 0.05) is 13.6 Å². The van der Waals surface area contributed by atoms with E-state index >= 15 is 0 Å². The SMILES string of the molecule is COC(=O)CSc1nc(NCc2ccccc2)c2cnn(C)c2n1. The van der Waals surface area contributed by atoms with E-state index in [4.69, 9.17) is 0 Å². The van der Waals surface area contributed by atoms with E-state index in [1.165, 1.54) is 18.9 Å². The molecule has 0 spiro atoms. The summed E-state index contributed by atoms with van der Waals surface area (Å²) in [5.41, 5.74) is 1.87. The van der Waals surface area contributed by atoms with Crippen LogP contribution in [0.4, 0.5) is 5.82 Å². The first-order chi connectivity index (χ1) is 11.7. The fourth-order valence-corrected chi connectivity index (χ4v) is 2.84. The van der Waals surface area contributed by atoms with Crippen LogP contribution in [0.25, 0.3) is 11.0 Å². The first-order valence-electron chi connectivity index (χ1n) is 7.34. The minimum absolute atomic E-state index is 0.165. The molecule has 1 N–H and O–H groups in total. The predicted octanol–water partition coefficient (Wildman–Crippen LogP) is 2.24. The number of methoxy groups -OCH3 is 1. The maximum atomic E-state index is 11.3. The maximum Gasteiger partial charge on any atom is 0.316 e. The Bertz CT molecular complexity index is 850. The zero-order chi connectivity index (χ0) is 16.9. The van der Waals surface area contributed by atoms with E-state index < -0.39 is 0 Å². The fourth-order valence-electron chi connectivity index (χ4n) is 2.17. The summed E-state index contributed by atoms with van der Waals surface area (Å²) in [6.07, 6.45) is 1.73. The van der Waals surface area contributed by atoms with Crippen LogP contribution in [-0.4, -0.2) is 38.6 Å². The second-order valence-electron chi connectivity index (χ2n) is 5.06. The second-order valence-corrected chi connectivity index (χ2v) is 6.01. The van der Waals surface area contributed by atoms with Gasteiger partial charge in [0.25, 0.3) is 0 Å². The number of nitrogens with zero attached hydrogens (tertiary/aromatic N) is 4. The highest BCUT2D eigenvalue weighted by atomic mass is 32.2. The highest BCUT2D eigenvalue weighted by Crippen LogP contribution is 2.24. The van der Waals surface area contributed by atoms with Crippen molar-refractivity contribution in [2.75, 3.05) is 18.2 Å². The number of ether oxygens (including phenoxy) is 1. The van der Waals surface area contributed by atoms with Crippen molar-refractivity contribution in [2.24, 2.45) is 7.05 Å². The molecule has 0 atom stereocenters. The molecule has 3 aromatic rings. The molecule has 0 unspecified atom stereocenters. The van der Waals surface area contributed by atoms with Crippen LogP contribution in [0.5, 0.6) is 0 Å². The van der Waals surface area contributed by atoms with Crippen LogP contribution >= 0.6 is 11.8 Å². The van der Waals surface area contributed by atoms with E-state index in [9.17, 15) is 4.79 Å². The van der Waals surface area contributed by atoms with Crippen molar-refractivity contribution in [1.29, 1.82) is 0 Å². The summed E-state index contributed by atoms with van der Waals surface area (Å²) in [4.78, 5) is 20.3. The number of benzene rings is 1. The van der Waals surface area contributed by atoms with Crippen LogP contribution in [-0.2, 0) is 23.1 Å². The minimum atomic E-state index is -0.313. The normalized spacial score (nSPS) is 10.8. The van der Waals surface area contributed by atoms with Crippen molar-refractivity contribution in [3.8, 4) is 0 Å². The van der Waals surface area contributed by atoms with E-state index in [0.29, 0.717) is 23.2 Å². The Hall–Kier alpha value is -2.61. The van der Waals surface area contributed by atoms with Crippen LogP contribution in [0.3, 0.4) is 0 Å². The summed E-state index contributed by atoms with van der Waals surface area (Å²) in [5.74, 6) is 0.551. The zero-order valence-corrected chi connectivity index (χ0v) is 14.2. The van der Waals surface area contributed by atoms with E-state index in [-0.39, 0.29) is 11.7 Å². The fraction of sp³-hybridized carbons (Fsp3) is 0.250. The summed E-state index contributed by atoms with van der Waals surface area (Å²) in [6.45, 7) is 0.642. The van der Waals surface area contributed by atoms with Crippen LogP contribution < -0.4 is 5.32 Å². The Morgan fingerprint density at radius 3 is 2.83 bits per heavy atom. The minimum Gasteiger partial charge on any atom is -0.468 e. The van der Waals surface area contributed by atoms with Crippen molar-refractivity contribution in [3.63, 3.8) is 0 Å². The number of aryl methyl sites for hydroxylation is 1. The quantitative estimate of drug-likeness (QED) is 0.417. The standard InChI is InChI=1S/C16H17N5O2S/c1-21-15-12(9-18-21)14(17-8-11-6-4-3-5-7-11)19-16(20-15)24-10-13(22)23-2/h3-7,9H,8,10H2,1-2H3,(H,17,19,20). The second kappa shape index (κ2) is 7.31. The molecule has 0 bridgehead atoms. The number of nitrogens with one attached hydrogen (secondary N) is 1. The average Bonchev–Trinajstić information content (AvgIpc) is 2.99. The number of rotatable bonds is 6. The molecule has 24 heavy (non-hydrogen) atoms. The summed E-state index contributed by atoms with van der Waals surface area (Å²) < 4.78 is 6.34. The van der Waals surface area contributed by atoms with E-state index in [1.54, 1.807) is 10.9 Å². The number of hydrogen-bond donors (Lipinski definition) is 1. The van der Waals surface area contributed by atoms with Crippen LogP contribution in [0, 0.1) is 0 Å². The molecule has 1 aromatic carbocycles. The number of esters is 1. The van der Waals surface area contributed by atoms with Crippen molar-refractivity contribution in [3.05, 3.63) is 42.1 Å². The first-order valence-corrected chi connectivity index (χ1v) is 8.33. The molecule has 2 aromatic heterocycles. The third-order valence-corrected chi connectivity index (χ3v) is 4.24. The first kappa shape index (κ1) is 16.3. The van der Waals surface area contributed by atoms with E-state index in [2.05, 4.69) is 25.1 Å².